The smallest absolute Gasteiger partial charge is 0.262 e. The Morgan fingerprint density at radius 3 is 2.30 bits per heavy atom. The maximum atomic E-state index is 12.7. The summed E-state index contributed by atoms with van der Waals surface area (Å²) in [7, 11) is -1.02. The molecule has 2 aromatic carbocycles. The fourth-order valence-electron chi connectivity index (χ4n) is 2.35. The molecule has 0 aliphatic rings. The fraction of sp³-hybridized carbons (Fsp3) is 0.278. The van der Waals surface area contributed by atoms with Crippen LogP contribution >= 0.6 is 0 Å². The lowest BCUT2D eigenvalue weighted by molar-refractivity contribution is -0.114. The van der Waals surface area contributed by atoms with Crippen LogP contribution in [0.5, 0.6) is 17.2 Å². The largest absolute Gasteiger partial charge is 0.495 e. The first-order valence-corrected chi connectivity index (χ1v) is 9.58. The molecule has 0 saturated heterocycles. The standard InChI is InChI=1S/C18H22N2O6S/c1-5-26-16-9-6-13(10-18(16)25-4)20-27(22,23)14-7-8-15(19-12(2)21)17(11-14)24-3/h6-11,20H,5H2,1-4H3,(H,19,21). The van der Waals surface area contributed by atoms with Gasteiger partial charge >= 0.3 is 0 Å². The summed E-state index contributed by atoms with van der Waals surface area (Å²) < 4.78 is 43.7. The number of anilines is 2. The lowest BCUT2D eigenvalue weighted by Crippen LogP contribution is -2.14. The van der Waals surface area contributed by atoms with Gasteiger partial charge in [-0.1, -0.05) is 0 Å². The third-order valence-corrected chi connectivity index (χ3v) is 4.89. The van der Waals surface area contributed by atoms with Gasteiger partial charge in [0.15, 0.2) is 11.5 Å². The molecule has 0 heterocycles. The summed E-state index contributed by atoms with van der Waals surface area (Å²) in [4.78, 5) is 11.2. The highest BCUT2D eigenvalue weighted by Gasteiger charge is 2.18. The van der Waals surface area contributed by atoms with Crippen molar-refractivity contribution in [1.29, 1.82) is 0 Å². The van der Waals surface area contributed by atoms with Gasteiger partial charge in [0.05, 0.1) is 37.1 Å². The maximum absolute atomic E-state index is 12.7. The number of benzene rings is 2. The van der Waals surface area contributed by atoms with Crippen LogP contribution in [0, 0.1) is 0 Å². The van der Waals surface area contributed by atoms with Gasteiger partial charge in [0.1, 0.15) is 5.75 Å². The zero-order valence-corrected chi connectivity index (χ0v) is 16.3. The molecule has 27 heavy (non-hydrogen) atoms. The second kappa shape index (κ2) is 8.63. The van der Waals surface area contributed by atoms with E-state index in [-0.39, 0.29) is 16.6 Å². The molecule has 0 radical (unpaired) electrons. The molecule has 0 spiro atoms. The summed E-state index contributed by atoms with van der Waals surface area (Å²) in [6.45, 7) is 3.65. The molecule has 0 saturated carbocycles. The minimum absolute atomic E-state index is 0.0127. The van der Waals surface area contributed by atoms with E-state index in [1.807, 2.05) is 6.92 Å². The van der Waals surface area contributed by atoms with E-state index < -0.39 is 10.0 Å². The van der Waals surface area contributed by atoms with Crippen molar-refractivity contribution >= 4 is 27.3 Å². The van der Waals surface area contributed by atoms with E-state index in [2.05, 4.69) is 10.0 Å². The molecule has 9 heteroatoms. The predicted molar refractivity (Wildman–Crippen MR) is 102 cm³/mol. The lowest BCUT2D eigenvalue weighted by Gasteiger charge is -2.14. The minimum atomic E-state index is -3.88. The maximum Gasteiger partial charge on any atom is 0.262 e. The van der Waals surface area contributed by atoms with Crippen molar-refractivity contribution in [1.82, 2.24) is 0 Å². The Labute approximate surface area is 158 Å². The van der Waals surface area contributed by atoms with Crippen molar-refractivity contribution in [3.8, 4) is 17.2 Å². The molecule has 0 aliphatic carbocycles. The minimum Gasteiger partial charge on any atom is -0.495 e. The number of sulfonamides is 1. The molecular weight excluding hydrogens is 372 g/mol. The molecule has 8 nitrogen and oxygen atoms in total. The Balaban J connectivity index is 2.32. The first-order valence-electron chi connectivity index (χ1n) is 8.10. The molecule has 0 atom stereocenters. The first-order chi connectivity index (χ1) is 12.8. The Morgan fingerprint density at radius 1 is 1.00 bits per heavy atom. The van der Waals surface area contributed by atoms with Gasteiger partial charge in [-0.05, 0) is 31.2 Å². The van der Waals surface area contributed by atoms with Crippen molar-refractivity contribution in [2.24, 2.45) is 0 Å². The summed E-state index contributed by atoms with van der Waals surface area (Å²) in [6, 6.07) is 8.91. The molecule has 0 unspecified atom stereocenters. The average Bonchev–Trinajstić information content (AvgIpc) is 2.62. The third kappa shape index (κ3) is 5.04. The quantitative estimate of drug-likeness (QED) is 0.714. The second-order valence-corrected chi connectivity index (χ2v) is 7.13. The Morgan fingerprint density at radius 2 is 1.70 bits per heavy atom. The summed E-state index contributed by atoms with van der Waals surface area (Å²) >= 11 is 0. The van der Waals surface area contributed by atoms with Crippen LogP contribution in [0.4, 0.5) is 11.4 Å². The highest BCUT2D eigenvalue weighted by Crippen LogP contribution is 2.32. The number of hydrogen-bond donors (Lipinski definition) is 2. The zero-order chi connectivity index (χ0) is 20.0. The number of carbonyl (C=O) groups is 1. The highest BCUT2D eigenvalue weighted by atomic mass is 32.2. The van der Waals surface area contributed by atoms with E-state index in [0.717, 1.165) is 0 Å². The Hall–Kier alpha value is -2.94. The van der Waals surface area contributed by atoms with Gasteiger partial charge in [0.2, 0.25) is 5.91 Å². The number of nitrogens with one attached hydrogen (secondary N) is 2. The van der Waals surface area contributed by atoms with Gasteiger partial charge in [0, 0.05) is 19.1 Å². The highest BCUT2D eigenvalue weighted by molar-refractivity contribution is 7.92. The normalized spacial score (nSPS) is 10.8. The summed E-state index contributed by atoms with van der Waals surface area (Å²) in [5.74, 6) is 0.876. The van der Waals surface area contributed by atoms with Crippen molar-refractivity contribution < 1.29 is 27.4 Å². The third-order valence-electron chi connectivity index (χ3n) is 3.51. The number of ether oxygens (including phenoxy) is 3. The number of rotatable bonds is 8. The van der Waals surface area contributed by atoms with Crippen LogP contribution in [-0.2, 0) is 14.8 Å². The van der Waals surface area contributed by atoms with Crippen LogP contribution < -0.4 is 24.2 Å². The fourth-order valence-corrected chi connectivity index (χ4v) is 3.42. The second-order valence-electron chi connectivity index (χ2n) is 5.45. The van der Waals surface area contributed by atoms with E-state index in [4.69, 9.17) is 14.2 Å². The van der Waals surface area contributed by atoms with Crippen molar-refractivity contribution in [3.05, 3.63) is 36.4 Å². The van der Waals surface area contributed by atoms with Crippen molar-refractivity contribution in [3.63, 3.8) is 0 Å². The van der Waals surface area contributed by atoms with E-state index in [1.165, 1.54) is 45.4 Å². The molecule has 2 N–H and O–H groups in total. The SMILES string of the molecule is CCOc1ccc(NS(=O)(=O)c2ccc(NC(C)=O)c(OC)c2)cc1OC. The molecular formula is C18H22N2O6S. The van der Waals surface area contributed by atoms with Gasteiger partial charge in [-0.3, -0.25) is 9.52 Å². The van der Waals surface area contributed by atoms with Crippen LogP contribution in [-0.4, -0.2) is 35.2 Å². The van der Waals surface area contributed by atoms with Crippen LogP contribution in [0.15, 0.2) is 41.3 Å². The molecule has 0 aromatic heterocycles. The van der Waals surface area contributed by atoms with Crippen LogP contribution in [0.25, 0.3) is 0 Å². The van der Waals surface area contributed by atoms with Gasteiger partial charge in [-0.25, -0.2) is 8.42 Å². The molecule has 0 fully saturated rings. The molecule has 0 aliphatic heterocycles. The van der Waals surface area contributed by atoms with Crippen molar-refractivity contribution in [2.75, 3.05) is 30.9 Å². The first kappa shape index (κ1) is 20.4. The van der Waals surface area contributed by atoms with Crippen LogP contribution in [0.1, 0.15) is 13.8 Å². The molecule has 2 aromatic rings. The van der Waals surface area contributed by atoms with Gasteiger partial charge < -0.3 is 19.5 Å². The Kier molecular flexibility index (Phi) is 6.51. The summed E-state index contributed by atoms with van der Waals surface area (Å²) in [5.41, 5.74) is 0.701. The van der Waals surface area contributed by atoms with E-state index in [0.29, 0.717) is 29.5 Å². The lowest BCUT2D eigenvalue weighted by atomic mass is 10.3. The Bertz CT molecular complexity index is 927. The summed E-state index contributed by atoms with van der Waals surface area (Å²) in [5, 5.41) is 2.58. The van der Waals surface area contributed by atoms with Crippen molar-refractivity contribution in [2.45, 2.75) is 18.7 Å². The van der Waals surface area contributed by atoms with Crippen LogP contribution in [0.2, 0.25) is 0 Å². The van der Waals surface area contributed by atoms with Gasteiger partial charge in [0.25, 0.3) is 10.0 Å². The molecule has 1 amide bonds. The predicted octanol–water partition coefficient (Wildman–Crippen LogP) is 2.86. The molecule has 2 rings (SSSR count). The average molecular weight is 394 g/mol. The molecule has 0 bridgehead atoms. The monoisotopic (exact) mass is 394 g/mol. The zero-order valence-electron chi connectivity index (χ0n) is 15.5. The number of hydrogen-bond acceptors (Lipinski definition) is 6. The number of amides is 1. The summed E-state index contributed by atoms with van der Waals surface area (Å²) in [6.07, 6.45) is 0. The van der Waals surface area contributed by atoms with Gasteiger partial charge in [-0.15, -0.1) is 0 Å². The number of carbonyl (C=O) groups excluding carboxylic acids is 1. The van der Waals surface area contributed by atoms with E-state index >= 15 is 0 Å². The van der Waals surface area contributed by atoms with Crippen LogP contribution in [0.3, 0.4) is 0 Å². The number of methoxy groups -OCH3 is 2. The van der Waals surface area contributed by atoms with E-state index in [9.17, 15) is 13.2 Å². The molecule has 146 valence electrons. The van der Waals surface area contributed by atoms with E-state index in [1.54, 1.807) is 12.1 Å². The van der Waals surface area contributed by atoms with Gasteiger partial charge in [-0.2, -0.15) is 0 Å². The topological polar surface area (TPSA) is 103 Å².